The fraction of sp³-hybridized carbons (Fsp3) is 0.286. The summed E-state index contributed by atoms with van der Waals surface area (Å²) in [4.78, 5) is 38.2. The van der Waals surface area contributed by atoms with E-state index >= 15 is 0 Å². The van der Waals surface area contributed by atoms with Crippen LogP contribution in [0.15, 0.2) is 42.5 Å². The van der Waals surface area contributed by atoms with E-state index in [2.05, 4.69) is 43.4 Å². The Morgan fingerprint density at radius 3 is 2.61 bits per heavy atom. The summed E-state index contributed by atoms with van der Waals surface area (Å²) in [6.45, 7) is 2.26. The molecule has 0 saturated carbocycles. The number of urea groups is 1. The SMILES string of the molecule is NC(=O)Nc1ccc(I)cc1C(=O)NCC(=O)N[C@H]1CCN(Cc2ccc(Cl)cc2)C1. The van der Waals surface area contributed by atoms with Gasteiger partial charge in [0.1, 0.15) is 0 Å². The minimum atomic E-state index is -0.766. The lowest BCUT2D eigenvalue weighted by molar-refractivity contribution is -0.120. The Balaban J connectivity index is 1.47. The third kappa shape index (κ3) is 7.08. The molecule has 4 amide bonds. The number of primary amides is 1. The number of hydrogen-bond acceptors (Lipinski definition) is 4. The summed E-state index contributed by atoms with van der Waals surface area (Å²) in [7, 11) is 0. The van der Waals surface area contributed by atoms with Gasteiger partial charge < -0.3 is 21.7 Å². The minimum Gasteiger partial charge on any atom is -0.351 e. The monoisotopic (exact) mass is 555 g/mol. The van der Waals surface area contributed by atoms with E-state index in [1.807, 2.05) is 24.3 Å². The van der Waals surface area contributed by atoms with Gasteiger partial charge >= 0.3 is 6.03 Å². The van der Waals surface area contributed by atoms with Gasteiger partial charge in [-0.2, -0.15) is 0 Å². The minimum absolute atomic E-state index is 0.0291. The summed E-state index contributed by atoms with van der Waals surface area (Å²) in [6, 6.07) is 11.9. The first-order chi connectivity index (χ1) is 14.8. The molecule has 2 aromatic carbocycles. The summed E-state index contributed by atoms with van der Waals surface area (Å²) < 4.78 is 0.814. The molecule has 0 aliphatic carbocycles. The standard InChI is InChI=1S/C21H23ClIN5O3/c22-14-3-1-13(2-4-14)11-28-8-7-16(12-28)26-19(29)10-25-20(30)17-9-15(23)5-6-18(17)27-21(24)31/h1-6,9,16H,7-8,10-12H2,(H,25,30)(H,26,29)(H3,24,27,31)/t16-/m0/s1. The zero-order valence-electron chi connectivity index (χ0n) is 16.7. The number of hydrogen-bond donors (Lipinski definition) is 4. The van der Waals surface area contributed by atoms with Gasteiger partial charge in [-0.15, -0.1) is 0 Å². The highest BCUT2D eigenvalue weighted by Gasteiger charge is 2.24. The Bertz CT molecular complexity index is 970. The summed E-state index contributed by atoms with van der Waals surface area (Å²) in [5.41, 5.74) is 6.86. The highest BCUT2D eigenvalue weighted by atomic mass is 127. The summed E-state index contributed by atoms with van der Waals surface area (Å²) in [6.07, 6.45) is 0.844. The molecule has 3 rings (SSSR count). The quantitative estimate of drug-likeness (QED) is 0.393. The van der Waals surface area contributed by atoms with Crippen molar-refractivity contribution >= 4 is 57.7 Å². The van der Waals surface area contributed by atoms with E-state index in [4.69, 9.17) is 17.3 Å². The van der Waals surface area contributed by atoms with Gasteiger partial charge in [0.25, 0.3) is 5.91 Å². The maximum atomic E-state index is 12.5. The average Bonchev–Trinajstić information content (AvgIpc) is 3.15. The van der Waals surface area contributed by atoms with Crippen LogP contribution in [-0.2, 0) is 11.3 Å². The van der Waals surface area contributed by atoms with Crippen LogP contribution in [0.2, 0.25) is 5.02 Å². The molecule has 0 aromatic heterocycles. The molecule has 10 heteroatoms. The third-order valence-corrected chi connectivity index (χ3v) is 5.77. The normalized spacial score (nSPS) is 16.0. The molecule has 31 heavy (non-hydrogen) atoms. The molecule has 1 fully saturated rings. The Labute approximate surface area is 199 Å². The van der Waals surface area contributed by atoms with Crippen LogP contribution >= 0.6 is 34.2 Å². The van der Waals surface area contributed by atoms with Crippen LogP contribution in [0.4, 0.5) is 10.5 Å². The molecule has 0 unspecified atom stereocenters. The number of rotatable bonds is 7. The zero-order valence-corrected chi connectivity index (χ0v) is 19.6. The van der Waals surface area contributed by atoms with Crippen LogP contribution in [0, 0.1) is 3.57 Å². The molecule has 0 bridgehead atoms. The smallest absolute Gasteiger partial charge is 0.316 e. The molecule has 8 nitrogen and oxygen atoms in total. The molecular formula is C21H23ClIN5O3. The van der Waals surface area contributed by atoms with Gasteiger partial charge in [0, 0.05) is 34.3 Å². The number of nitrogens with one attached hydrogen (secondary N) is 3. The van der Waals surface area contributed by atoms with Gasteiger partial charge in [0.05, 0.1) is 17.8 Å². The Kier molecular flexibility index (Phi) is 8.10. The Morgan fingerprint density at radius 1 is 1.16 bits per heavy atom. The van der Waals surface area contributed by atoms with Gasteiger partial charge in [-0.3, -0.25) is 14.5 Å². The topological polar surface area (TPSA) is 117 Å². The van der Waals surface area contributed by atoms with Crippen molar-refractivity contribution < 1.29 is 14.4 Å². The highest BCUT2D eigenvalue weighted by Crippen LogP contribution is 2.19. The maximum Gasteiger partial charge on any atom is 0.316 e. The first-order valence-corrected chi connectivity index (χ1v) is 11.2. The Hall–Kier alpha value is -2.37. The third-order valence-electron chi connectivity index (χ3n) is 4.85. The van der Waals surface area contributed by atoms with E-state index in [9.17, 15) is 14.4 Å². The lowest BCUT2D eigenvalue weighted by atomic mass is 10.1. The summed E-state index contributed by atoms with van der Waals surface area (Å²) in [5.74, 6) is -0.727. The van der Waals surface area contributed by atoms with Gasteiger partial charge in [-0.05, 0) is 64.9 Å². The number of nitrogens with two attached hydrogens (primary N) is 1. The number of benzene rings is 2. The second-order valence-electron chi connectivity index (χ2n) is 7.28. The number of carbonyl (C=O) groups excluding carboxylic acids is 3. The Morgan fingerprint density at radius 2 is 1.90 bits per heavy atom. The maximum absolute atomic E-state index is 12.5. The van der Waals surface area contributed by atoms with E-state index in [1.54, 1.807) is 18.2 Å². The largest absolute Gasteiger partial charge is 0.351 e. The molecule has 1 heterocycles. The summed E-state index contributed by atoms with van der Waals surface area (Å²) in [5, 5.41) is 8.68. The lowest BCUT2D eigenvalue weighted by Crippen LogP contribution is -2.43. The average molecular weight is 556 g/mol. The van der Waals surface area contributed by atoms with Crippen LogP contribution in [-0.4, -0.2) is 48.4 Å². The second-order valence-corrected chi connectivity index (χ2v) is 8.96. The molecule has 0 radical (unpaired) electrons. The van der Waals surface area contributed by atoms with Crippen molar-refractivity contribution in [3.63, 3.8) is 0 Å². The molecule has 1 atom stereocenters. The van der Waals surface area contributed by atoms with Gasteiger partial charge in [0.2, 0.25) is 5.91 Å². The number of carbonyl (C=O) groups is 3. The lowest BCUT2D eigenvalue weighted by Gasteiger charge is -2.17. The van der Waals surface area contributed by atoms with Crippen LogP contribution in [0.3, 0.4) is 0 Å². The van der Waals surface area contributed by atoms with Crippen molar-refractivity contribution in [3.8, 4) is 0 Å². The zero-order chi connectivity index (χ0) is 22.4. The van der Waals surface area contributed by atoms with Crippen molar-refractivity contribution in [2.24, 2.45) is 5.73 Å². The molecule has 0 spiro atoms. The van der Waals surface area contributed by atoms with E-state index < -0.39 is 11.9 Å². The van der Waals surface area contributed by atoms with E-state index in [1.165, 1.54) is 5.56 Å². The fourth-order valence-electron chi connectivity index (χ4n) is 3.42. The predicted molar refractivity (Wildman–Crippen MR) is 128 cm³/mol. The number of amides is 4. The van der Waals surface area contributed by atoms with Gasteiger partial charge in [-0.1, -0.05) is 23.7 Å². The predicted octanol–water partition coefficient (Wildman–Crippen LogP) is 2.56. The van der Waals surface area contributed by atoms with Crippen LogP contribution in [0.5, 0.6) is 0 Å². The van der Waals surface area contributed by atoms with Crippen molar-refractivity contribution in [1.29, 1.82) is 0 Å². The second kappa shape index (κ2) is 10.8. The van der Waals surface area contributed by atoms with E-state index in [0.717, 1.165) is 29.6 Å². The molecule has 1 aliphatic heterocycles. The number of likely N-dealkylation sites (tertiary alicyclic amines) is 1. The van der Waals surface area contributed by atoms with Gasteiger partial charge in [-0.25, -0.2) is 4.79 Å². The van der Waals surface area contributed by atoms with Crippen molar-refractivity contribution in [1.82, 2.24) is 15.5 Å². The first kappa shape index (κ1) is 23.3. The van der Waals surface area contributed by atoms with Crippen LogP contribution in [0.25, 0.3) is 0 Å². The molecular weight excluding hydrogens is 533 g/mol. The number of nitrogens with zero attached hydrogens (tertiary/aromatic N) is 1. The van der Waals surface area contributed by atoms with Crippen molar-refractivity contribution in [3.05, 3.63) is 62.2 Å². The first-order valence-electron chi connectivity index (χ1n) is 9.70. The van der Waals surface area contributed by atoms with Crippen molar-refractivity contribution in [2.75, 3.05) is 25.0 Å². The molecule has 1 saturated heterocycles. The molecule has 2 aromatic rings. The van der Waals surface area contributed by atoms with E-state index in [-0.39, 0.29) is 24.1 Å². The fourth-order valence-corrected chi connectivity index (χ4v) is 4.04. The summed E-state index contributed by atoms with van der Waals surface area (Å²) >= 11 is 7.98. The van der Waals surface area contributed by atoms with Crippen LogP contribution < -0.4 is 21.7 Å². The molecule has 164 valence electrons. The van der Waals surface area contributed by atoms with E-state index in [0.29, 0.717) is 10.7 Å². The number of halogens is 2. The van der Waals surface area contributed by atoms with Crippen molar-refractivity contribution in [2.45, 2.75) is 19.0 Å². The van der Waals surface area contributed by atoms with Crippen LogP contribution in [0.1, 0.15) is 22.3 Å². The van der Waals surface area contributed by atoms with Gasteiger partial charge in [0.15, 0.2) is 0 Å². The molecule has 1 aliphatic rings. The highest BCUT2D eigenvalue weighted by molar-refractivity contribution is 14.1. The number of anilines is 1. The molecule has 5 N–H and O–H groups in total.